The highest BCUT2D eigenvalue weighted by Gasteiger charge is 2.01. The predicted molar refractivity (Wildman–Crippen MR) is 56.3 cm³/mol. The first-order valence-corrected chi connectivity index (χ1v) is 6.64. The molecule has 0 atom stereocenters. The van der Waals surface area contributed by atoms with Crippen LogP contribution in [0.2, 0.25) is 0 Å². The average Bonchev–Trinajstić information content (AvgIpc) is 2.48. The lowest BCUT2D eigenvalue weighted by Gasteiger charge is -1.87. The van der Waals surface area contributed by atoms with Gasteiger partial charge in [-0.1, -0.05) is 34.9 Å². The Morgan fingerprint density at radius 2 is 2.18 bits per heavy atom. The Kier molecular flexibility index (Phi) is 4.66. The Morgan fingerprint density at radius 3 is 2.73 bits per heavy atom. The highest BCUT2D eigenvalue weighted by molar-refractivity contribution is 8.03. The minimum Gasteiger partial charge on any atom is -0.178 e. The van der Waals surface area contributed by atoms with Crippen molar-refractivity contribution in [2.24, 2.45) is 0 Å². The van der Waals surface area contributed by atoms with Crippen molar-refractivity contribution in [2.75, 3.05) is 17.8 Å². The van der Waals surface area contributed by atoms with Gasteiger partial charge in [-0.3, -0.25) is 0 Å². The molecule has 62 valence electrons. The van der Waals surface area contributed by atoms with Crippen LogP contribution >= 0.6 is 47.5 Å². The van der Waals surface area contributed by atoms with Crippen LogP contribution in [-0.2, 0) is 0 Å². The van der Waals surface area contributed by atoms with Crippen molar-refractivity contribution >= 4 is 47.5 Å². The zero-order chi connectivity index (χ0) is 8.10. The molecule has 0 radical (unpaired) electrons. The summed E-state index contributed by atoms with van der Waals surface area (Å²) in [7, 11) is 0. The predicted octanol–water partition coefficient (Wildman–Crippen LogP) is 2.28. The van der Waals surface area contributed by atoms with Gasteiger partial charge in [-0.05, 0) is 12.0 Å². The summed E-state index contributed by atoms with van der Waals surface area (Å²) < 4.78 is 2.08. The van der Waals surface area contributed by atoms with Gasteiger partial charge < -0.3 is 0 Å². The topological polar surface area (TPSA) is 25.8 Å². The largest absolute Gasteiger partial charge is 0.178 e. The standard InChI is InChI=1S/C5H8N2S4/c1-9-4-6-7-5(11-4)10-3-2-8/h8H,2-3H2,1H3. The highest BCUT2D eigenvalue weighted by Crippen LogP contribution is 2.26. The van der Waals surface area contributed by atoms with Gasteiger partial charge in [0.05, 0.1) is 0 Å². The van der Waals surface area contributed by atoms with Crippen LogP contribution in [0.15, 0.2) is 8.68 Å². The summed E-state index contributed by atoms with van der Waals surface area (Å²) in [5.41, 5.74) is 0. The molecule has 0 bridgehead atoms. The lowest BCUT2D eigenvalue weighted by atomic mass is 11.0. The third-order valence-corrected chi connectivity index (χ3v) is 4.44. The molecule has 0 aliphatic rings. The molecular formula is C5H8N2S4. The fourth-order valence-electron chi connectivity index (χ4n) is 0.471. The molecule has 11 heavy (non-hydrogen) atoms. The smallest absolute Gasteiger partial charge is 0.175 e. The fraction of sp³-hybridized carbons (Fsp3) is 0.600. The monoisotopic (exact) mass is 224 g/mol. The van der Waals surface area contributed by atoms with Gasteiger partial charge in [-0.25, -0.2) is 0 Å². The van der Waals surface area contributed by atoms with Gasteiger partial charge in [0, 0.05) is 5.75 Å². The molecular weight excluding hydrogens is 216 g/mol. The summed E-state index contributed by atoms with van der Waals surface area (Å²) >= 11 is 9.10. The van der Waals surface area contributed by atoms with E-state index in [1.54, 1.807) is 34.9 Å². The molecule has 0 aliphatic heterocycles. The highest BCUT2D eigenvalue weighted by atomic mass is 32.2. The van der Waals surface area contributed by atoms with Gasteiger partial charge in [0.1, 0.15) is 0 Å². The number of nitrogens with zero attached hydrogens (tertiary/aromatic N) is 2. The molecule has 0 aromatic carbocycles. The maximum Gasteiger partial charge on any atom is 0.175 e. The number of hydrogen-bond donors (Lipinski definition) is 1. The number of hydrogen-bond acceptors (Lipinski definition) is 6. The summed E-state index contributed by atoms with van der Waals surface area (Å²) in [4.78, 5) is 0. The number of thiol groups is 1. The van der Waals surface area contributed by atoms with E-state index >= 15 is 0 Å². The Hall–Kier alpha value is 0.610. The number of rotatable bonds is 4. The van der Waals surface area contributed by atoms with Crippen LogP contribution in [0, 0.1) is 0 Å². The summed E-state index contributed by atoms with van der Waals surface area (Å²) in [5.74, 6) is 1.89. The number of aromatic nitrogens is 2. The zero-order valence-electron chi connectivity index (χ0n) is 5.98. The van der Waals surface area contributed by atoms with Gasteiger partial charge in [-0.2, -0.15) is 12.6 Å². The van der Waals surface area contributed by atoms with Crippen molar-refractivity contribution in [3.05, 3.63) is 0 Å². The van der Waals surface area contributed by atoms with Gasteiger partial charge in [0.25, 0.3) is 0 Å². The van der Waals surface area contributed by atoms with Crippen LogP contribution in [0.3, 0.4) is 0 Å². The molecule has 1 aromatic rings. The molecule has 2 nitrogen and oxygen atoms in total. The second-order valence-electron chi connectivity index (χ2n) is 1.61. The summed E-state index contributed by atoms with van der Waals surface area (Å²) in [6.45, 7) is 0. The van der Waals surface area contributed by atoms with Gasteiger partial charge >= 0.3 is 0 Å². The zero-order valence-corrected chi connectivity index (χ0v) is 9.32. The second-order valence-corrected chi connectivity index (χ2v) is 5.43. The van der Waals surface area contributed by atoms with Crippen molar-refractivity contribution in [3.8, 4) is 0 Å². The molecule has 6 heteroatoms. The van der Waals surface area contributed by atoms with Crippen LogP contribution in [-0.4, -0.2) is 28.0 Å². The van der Waals surface area contributed by atoms with E-state index < -0.39 is 0 Å². The molecule has 0 saturated carbocycles. The van der Waals surface area contributed by atoms with Crippen LogP contribution in [0.5, 0.6) is 0 Å². The maximum absolute atomic E-state index is 4.11. The number of thioether (sulfide) groups is 2. The van der Waals surface area contributed by atoms with E-state index in [1.807, 2.05) is 6.26 Å². The van der Waals surface area contributed by atoms with Gasteiger partial charge in [0.2, 0.25) is 0 Å². The van der Waals surface area contributed by atoms with E-state index in [0.717, 1.165) is 20.2 Å². The fourth-order valence-corrected chi connectivity index (χ4v) is 3.00. The molecule has 0 N–H and O–H groups in total. The average molecular weight is 224 g/mol. The van der Waals surface area contributed by atoms with E-state index in [9.17, 15) is 0 Å². The van der Waals surface area contributed by atoms with Crippen LogP contribution in [0.4, 0.5) is 0 Å². The van der Waals surface area contributed by atoms with E-state index in [2.05, 4.69) is 22.8 Å². The van der Waals surface area contributed by atoms with Crippen LogP contribution in [0.1, 0.15) is 0 Å². The van der Waals surface area contributed by atoms with Gasteiger partial charge in [-0.15, -0.1) is 10.2 Å². The van der Waals surface area contributed by atoms with E-state index in [1.165, 1.54) is 0 Å². The van der Waals surface area contributed by atoms with Crippen LogP contribution < -0.4 is 0 Å². The van der Waals surface area contributed by atoms with E-state index in [4.69, 9.17) is 0 Å². The first kappa shape index (κ1) is 9.70. The van der Waals surface area contributed by atoms with Crippen molar-refractivity contribution in [3.63, 3.8) is 0 Å². The molecule has 0 saturated heterocycles. The van der Waals surface area contributed by atoms with Gasteiger partial charge in [0.15, 0.2) is 8.68 Å². The first-order valence-electron chi connectivity index (χ1n) is 2.98. The van der Waals surface area contributed by atoms with Crippen molar-refractivity contribution in [2.45, 2.75) is 8.68 Å². The quantitative estimate of drug-likeness (QED) is 0.627. The second kappa shape index (κ2) is 5.29. The van der Waals surface area contributed by atoms with Crippen LogP contribution in [0.25, 0.3) is 0 Å². The molecule has 0 fully saturated rings. The first-order chi connectivity index (χ1) is 5.36. The molecule has 1 heterocycles. The molecule has 0 spiro atoms. The Bertz CT molecular complexity index is 212. The summed E-state index contributed by atoms with van der Waals surface area (Å²) in [5, 5.41) is 7.97. The Balaban J connectivity index is 2.44. The molecule has 1 rings (SSSR count). The van der Waals surface area contributed by atoms with E-state index in [0.29, 0.717) is 0 Å². The Morgan fingerprint density at radius 1 is 1.45 bits per heavy atom. The van der Waals surface area contributed by atoms with E-state index in [-0.39, 0.29) is 0 Å². The van der Waals surface area contributed by atoms with Crippen molar-refractivity contribution in [1.29, 1.82) is 0 Å². The molecule has 0 aliphatic carbocycles. The maximum atomic E-state index is 4.11. The molecule has 0 unspecified atom stereocenters. The minimum atomic E-state index is 0.888. The van der Waals surface area contributed by atoms with Crippen molar-refractivity contribution < 1.29 is 0 Å². The lowest BCUT2D eigenvalue weighted by Crippen LogP contribution is -1.77. The van der Waals surface area contributed by atoms with Crippen molar-refractivity contribution in [1.82, 2.24) is 10.2 Å². The minimum absolute atomic E-state index is 0.888. The SMILES string of the molecule is CSc1nnc(SCCS)s1. The third kappa shape index (κ3) is 3.23. The normalized spacial score (nSPS) is 10.4. The summed E-state index contributed by atoms with van der Waals surface area (Å²) in [6.07, 6.45) is 2.01. The Labute approximate surface area is 84.0 Å². The molecule has 0 amide bonds. The third-order valence-electron chi connectivity index (χ3n) is 0.879. The summed E-state index contributed by atoms with van der Waals surface area (Å²) in [6, 6.07) is 0. The molecule has 1 aromatic heterocycles. The lowest BCUT2D eigenvalue weighted by molar-refractivity contribution is 0.956.